The summed E-state index contributed by atoms with van der Waals surface area (Å²) in [5, 5.41) is 8.82. The van der Waals surface area contributed by atoms with Crippen molar-refractivity contribution in [3.05, 3.63) is 53.6 Å². The molecule has 1 saturated heterocycles. The average Bonchev–Trinajstić information content (AvgIpc) is 2.67. The third-order valence-corrected chi connectivity index (χ3v) is 5.60. The minimum Gasteiger partial charge on any atom is -0.378 e. The number of nitrogens with zero attached hydrogens (tertiary/aromatic N) is 2. The van der Waals surface area contributed by atoms with Crippen molar-refractivity contribution in [2.45, 2.75) is 11.1 Å². The third-order valence-electron chi connectivity index (χ3n) is 4.21. The van der Waals surface area contributed by atoms with Crippen LogP contribution in [0.4, 0.5) is 24.5 Å². The molecule has 0 aliphatic carbocycles. The molecule has 2 aromatic carbocycles. The lowest BCUT2D eigenvalue weighted by atomic mass is 10.1. The van der Waals surface area contributed by atoms with E-state index in [1.54, 1.807) is 4.90 Å². The van der Waals surface area contributed by atoms with Crippen LogP contribution in [0.3, 0.4) is 0 Å². The third kappa shape index (κ3) is 4.37. The Hall–Kier alpha value is -2.77. The first kappa shape index (κ1) is 20.0. The summed E-state index contributed by atoms with van der Waals surface area (Å²) in [6, 6.07) is 9.93. The number of hydrogen-bond donors (Lipinski definition) is 1. The topological polar surface area (TPSA) is 82.4 Å². The highest BCUT2D eigenvalue weighted by Gasteiger charge is 2.32. The minimum absolute atomic E-state index is 0.156. The molecule has 148 valence electrons. The number of anilines is 2. The largest absolute Gasteiger partial charge is 0.416 e. The van der Waals surface area contributed by atoms with Crippen molar-refractivity contribution in [3.8, 4) is 6.07 Å². The maximum atomic E-state index is 13.1. The van der Waals surface area contributed by atoms with E-state index < -0.39 is 21.8 Å². The summed E-state index contributed by atoms with van der Waals surface area (Å²) in [6.07, 6.45) is -4.61. The van der Waals surface area contributed by atoms with Crippen molar-refractivity contribution in [1.29, 1.82) is 5.26 Å². The molecule has 0 atom stereocenters. The molecule has 0 radical (unpaired) electrons. The van der Waals surface area contributed by atoms with E-state index in [0.29, 0.717) is 32.0 Å². The Balaban J connectivity index is 2.00. The van der Waals surface area contributed by atoms with Crippen molar-refractivity contribution < 1.29 is 26.3 Å². The summed E-state index contributed by atoms with van der Waals surface area (Å²) in [4.78, 5) is 1.61. The molecule has 1 fully saturated rings. The molecule has 6 nitrogen and oxygen atoms in total. The monoisotopic (exact) mass is 411 g/mol. The number of rotatable bonds is 4. The minimum atomic E-state index is -4.61. The fourth-order valence-corrected chi connectivity index (χ4v) is 3.85. The van der Waals surface area contributed by atoms with Gasteiger partial charge in [-0.3, -0.25) is 4.72 Å². The van der Waals surface area contributed by atoms with Crippen molar-refractivity contribution in [3.63, 3.8) is 0 Å². The maximum Gasteiger partial charge on any atom is 0.416 e. The zero-order valence-electron chi connectivity index (χ0n) is 14.5. The Morgan fingerprint density at radius 3 is 2.29 bits per heavy atom. The number of nitrogens with one attached hydrogen (secondary N) is 1. The van der Waals surface area contributed by atoms with Crippen LogP contribution in [0.25, 0.3) is 0 Å². The molecule has 1 aliphatic heterocycles. The van der Waals surface area contributed by atoms with Gasteiger partial charge < -0.3 is 9.64 Å². The molecular formula is C18H16F3N3O3S. The van der Waals surface area contributed by atoms with Crippen LogP contribution in [0.2, 0.25) is 0 Å². The number of ether oxygens (including phenoxy) is 1. The second kappa shape index (κ2) is 7.69. The summed E-state index contributed by atoms with van der Waals surface area (Å²) >= 11 is 0. The van der Waals surface area contributed by atoms with Crippen molar-refractivity contribution in [2.24, 2.45) is 0 Å². The fraction of sp³-hybridized carbons (Fsp3) is 0.278. The molecule has 10 heteroatoms. The number of benzene rings is 2. The standard InChI is InChI=1S/C18H16F3N3O3S/c19-18(20,21)14-3-6-17(24-7-9-27-10-8-24)16(11-14)23-28(25,26)15-4-1-13(12-22)2-5-15/h1-6,11,23H,7-10H2. The Kier molecular flexibility index (Phi) is 5.49. The lowest BCUT2D eigenvalue weighted by Crippen LogP contribution is -2.36. The Labute approximate surface area is 160 Å². The highest BCUT2D eigenvalue weighted by atomic mass is 32.2. The van der Waals surface area contributed by atoms with Gasteiger partial charge in [-0.15, -0.1) is 0 Å². The number of halogens is 3. The quantitative estimate of drug-likeness (QED) is 0.836. The summed E-state index contributed by atoms with van der Waals surface area (Å²) in [5.74, 6) is 0. The number of nitriles is 1. The van der Waals surface area contributed by atoms with Crippen molar-refractivity contribution >= 4 is 21.4 Å². The van der Waals surface area contributed by atoms with Crippen LogP contribution in [-0.4, -0.2) is 34.7 Å². The zero-order chi connectivity index (χ0) is 20.4. The van der Waals surface area contributed by atoms with E-state index in [0.717, 1.165) is 12.1 Å². The number of morpholine rings is 1. The first-order valence-corrected chi connectivity index (χ1v) is 9.76. The summed E-state index contributed by atoms with van der Waals surface area (Å²) in [5.41, 5.74) is -0.510. The van der Waals surface area contributed by atoms with Gasteiger partial charge in [-0.05, 0) is 42.5 Å². The summed E-state index contributed by atoms with van der Waals surface area (Å²) in [6.45, 7) is 1.64. The Morgan fingerprint density at radius 1 is 1.07 bits per heavy atom. The van der Waals surface area contributed by atoms with Gasteiger partial charge in [0.1, 0.15) is 0 Å². The first-order valence-electron chi connectivity index (χ1n) is 8.27. The van der Waals surface area contributed by atoms with E-state index in [-0.39, 0.29) is 16.1 Å². The van der Waals surface area contributed by atoms with Gasteiger partial charge in [-0.2, -0.15) is 18.4 Å². The highest BCUT2D eigenvalue weighted by Crippen LogP contribution is 2.36. The molecule has 1 heterocycles. The second-order valence-electron chi connectivity index (χ2n) is 6.07. The molecule has 0 bridgehead atoms. The van der Waals surface area contributed by atoms with Gasteiger partial charge in [-0.1, -0.05) is 0 Å². The first-order chi connectivity index (χ1) is 13.2. The van der Waals surface area contributed by atoms with E-state index >= 15 is 0 Å². The van der Waals surface area contributed by atoms with Gasteiger partial charge in [0.05, 0.1) is 46.7 Å². The van der Waals surface area contributed by atoms with Crippen LogP contribution in [0.15, 0.2) is 47.4 Å². The molecule has 0 amide bonds. The van der Waals surface area contributed by atoms with E-state index in [2.05, 4.69) is 4.72 Å². The molecule has 0 spiro atoms. The van der Waals surface area contributed by atoms with Crippen LogP contribution in [0.1, 0.15) is 11.1 Å². The molecular weight excluding hydrogens is 395 g/mol. The fourth-order valence-electron chi connectivity index (χ4n) is 2.79. The lowest BCUT2D eigenvalue weighted by molar-refractivity contribution is -0.137. The van der Waals surface area contributed by atoms with Crippen molar-refractivity contribution in [2.75, 3.05) is 35.9 Å². The highest BCUT2D eigenvalue weighted by molar-refractivity contribution is 7.92. The number of hydrogen-bond acceptors (Lipinski definition) is 5. The van der Waals surface area contributed by atoms with Crippen molar-refractivity contribution in [1.82, 2.24) is 0 Å². The van der Waals surface area contributed by atoms with E-state index in [9.17, 15) is 21.6 Å². The van der Waals surface area contributed by atoms with Crippen LogP contribution >= 0.6 is 0 Å². The smallest absolute Gasteiger partial charge is 0.378 e. The molecule has 0 saturated carbocycles. The van der Waals surface area contributed by atoms with Gasteiger partial charge in [0.25, 0.3) is 10.0 Å². The lowest BCUT2D eigenvalue weighted by Gasteiger charge is -2.31. The van der Waals surface area contributed by atoms with Crippen LogP contribution in [0, 0.1) is 11.3 Å². The van der Waals surface area contributed by atoms with E-state index in [4.69, 9.17) is 10.00 Å². The van der Waals surface area contributed by atoms with Crippen LogP contribution in [0.5, 0.6) is 0 Å². The predicted octanol–water partition coefficient (Wildman–Crippen LogP) is 3.21. The normalized spacial score (nSPS) is 15.1. The average molecular weight is 411 g/mol. The van der Waals surface area contributed by atoms with Gasteiger partial charge in [0.2, 0.25) is 0 Å². The van der Waals surface area contributed by atoms with Gasteiger partial charge in [0, 0.05) is 13.1 Å². The summed E-state index contributed by atoms with van der Waals surface area (Å²) in [7, 11) is -4.15. The molecule has 2 aromatic rings. The second-order valence-corrected chi connectivity index (χ2v) is 7.75. The van der Waals surface area contributed by atoms with E-state index in [1.165, 1.54) is 30.3 Å². The predicted molar refractivity (Wildman–Crippen MR) is 96.4 cm³/mol. The Morgan fingerprint density at radius 2 is 1.71 bits per heavy atom. The molecule has 0 unspecified atom stereocenters. The van der Waals surface area contributed by atoms with Gasteiger partial charge >= 0.3 is 6.18 Å². The van der Waals surface area contributed by atoms with Gasteiger partial charge in [0.15, 0.2) is 0 Å². The number of sulfonamides is 1. The van der Waals surface area contributed by atoms with Crippen LogP contribution in [-0.2, 0) is 20.9 Å². The van der Waals surface area contributed by atoms with Gasteiger partial charge in [-0.25, -0.2) is 8.42 Å². The molecule has 1 aliphatic rings. The molecule has 1 N–H and O–H groups in total. The Bertz CT molecular complexity index is 993. The zero-order valence-corrected chi connectivity index (χ0v) is 15.3. The van der Waals surface area contributed by atoms with Crippen LogP contribution < -0.4 is 9.62 Å². The van der Waals surface area contributed by atoms with E-state index in [1.807, 2.05) is 6.07 Å². The SMILES string of the molecule is N#Cc1ccc(S(=O)(=O)Nc2cc(C(F)(F)F)ccc2N2CCOCC2)cc1. The molecule has 3 rings (SSSR count). The molecule has 28 heavy (non-hydrogen) atoms. The molecule has 0 aromatic heterocycles. The number of alkyl halides is 3. The maximum absolute atomic E-state index is 13.1. The summed E-state index contributed by atoms with van der Waals surface area (Å²) < 4.78 is 72.3.